The molecule has 138 valence electrons. The smallest absolute Gasteiger partial charge is 0.252 e. The normalized spacial score (nSPS) is 11.6. The van der Waals surface area contributed by atoms with Crippen molar-refractivity contribution < 1.29 is 14.0 Å². The molecule has 5 heteroatoms. The Morgan fingerprint density at radius 2 is 1.70 bits per heavy atom. The van der Waals surface area contributed by atoms with Crippen LogP contribution in [0.25, 0.3) is 0 Å². The first-order valence-electron chi connectivity index (χ1n) is 8.84. The lowest BCUT2D eigenvalue weighted by molar-refractivity contribution is -0.123. The van der Waals surface area contributed by atoms with Gasteiger partial charge in [-0.3, -0.25) is 9.59 Å². The molecule has 0 radical (unpaired) electrons. The third-order valence-electron chi connectivity index (χ3n) is 4.31. The van der Waals surface area contributed by atoms with Gasteiger partial charge < -0.3 is 15.1 Å². The Balaban J connectivity index is 1.73. The van der Waals surface area contributed by atoms with E-state index < -0.39 is 6.04 Å². The Morgan fingerprint density at radius 1 is 0.963 bits per heavy atom. The highest BCUT2D eigenvalue weighted by atomic mass is 16.3. The molecule has 2 aromatic carbocycles. The van der Waals surface area contributed by atoms with E-state index in [4.69, 9.17) is 4.42 Å². The number of aryl methyl sites for hydroxylation is 1. The summed E-state index contributed by atoms with van der Waals surface area (Å²) >= 11 is 0. The molecule has 0 aliphatic rings. The second kappa shape index (κ2) is 8.85. The average Bonchev–Trinajstić information content (AvgIpc) is 3.20. The highest BCUT2D eigenvalue weighted by Crippen LogP contribution is 2.09. The van der Waals surface area contributed by atoms with Crippen LogP contribution < -0.4 is 10.6 Å². The van der Waals surface area contributed by atoms with E-state index in [1.165, 1.54) is 0 Å². The van der Waals surface area contributed by atoms with Crippen LogP contribution in [0.3, 0.4) is 0 Å². The van der Waals surface area contributed by atoms with Gasteiger partial charge in [0.05, 0.1) is 12.8 Å². The maximum absolute atomic E-state index is 12.7. The standard InChI is InChI=1S/C22H22N2O3/c1-16-8-5-6-12-19(16)21(25)24-20(14-17-9-3-2-4-10-17)22(26)23-15-18-11-7-13-27-18/h2-13,20H,14-15H2,1H3,(H,23,26)(H,24,25)/t20-/m0/s1. The Hall–Kier alpha value is -3.34. The predicted octanol–water partition coefficient (Wildman–Crippen LogP) is 3.25. The van der Waals surface area contributed by atoms with Crippen molar-refractivity contribution in [2.45, 2.75) is 25.9 Å². The van der Waals surface area contributed by atoms with Crippen LogP contribution in [-0.4, -0.2) is 17.9 Å². The molecular weight excluding hydrogens is 340 g/mol. The number of rotatable bonds is 7. The zero-order chi connectivity index (χ0) is 19.1. The second-order valence-corrected chi connectivity index (χ2v) is 6.33. The van der Waals surface area contributed by atoms with E-state index in [0.29, 0.717) is 17.7 Å². The van der Waals surface area contributed by atoms with E-state index in [9.17, 15) is 9.59 Å². The number of carbonyl (C=O) groups excluding carboxylic acids is 2. The monoisotopic (exact) mass is 362 g/mol. The lowest BCUT2D eigenvalue weighted by Crippen LogP contribution is -2.48. The average molecular weight is 362 g/mol. The van der Waals surface area contributed by atoms with Crippen LogP contribution in [0.2, 0.25) is 0 Å². The zero-order valence-electron chi connectivity index (χ0n) is 15.1. The molecule has 1 aromatic heterocycles. The van der Waals surface area contributed by atoms with Gasteiger partial charge in [-0.15, -0.1) is 0 Å². The molecule has 2 amide bonds. The summed E-state index contributed by atoms with van der Waals surface area (Å²) in [4.78, 5) is 25.4. The molecule has 27 heavy (non-hydrogen) atoms. The molecule has 0 aliphatic carbocycles. The molecule has 3 aromatic rings. The van der Waals surface area contributed by atoms with Crippen LogP contribution in [0.15, 0.2) is 77.4 Å². The maximum Gasteiger partial charge on any atom is 0.252 e. The quantitative estimate of drug-likeness (QED) is 0.678. The van der Waals surface area contributed by atoms with Gasteiger partial charge in [0, 0.05) is 12.0 Å². The SMILES string of the molecule is Cc1ccccc1C(=O)N[C@@H](Cc1ccccc1)C(=O)NCc1ccco1. The number of hydrogen-bond acceptors (Lipinski definition) is 3. The van der Waals surface area contributed by atoms with Crippen LogP contribution in [0.5, 0.6) is 0 Å². The molecule has 0 saturated carbocycles. The highest BCUT2D eigenvalue weighted by Gasteiger charge is 2.22. The summed E-state index contributed by atoms with van der Waals surface area (Å²) in [6, 6.07) is 19.8. The minimum Gasteiger partial charge on any atom is -0.467 e. The molecule has 0 fully saturated rings. The van der Waals surface area contributed by atoms with Gasteiger partial charge in [0.25, 0.3) is 5.91 Å². The van der Waals surface area contributed by atoms with Crippen molar-refractivity contribution in [3.8, 4) is 0 Å². The molecule has 2 N–H and O–H groups in total. The predicted molar refractivity (Wildman–Crippen MR) is 103 cm³/mol. The van der Waals surface area contributed by atoms with Crippen molar-refractivity contribution in [1.29, 1.82) is 0 Å². The summed E-state index contributed by atoms with van der Waals surface area (Å²) < 4.78 is 5.25. The second-order valence-electron chi connectivity index (χ2n) is 6.33. The van der Waals surface area contributed by atoms with Crippen molar-refractivity contribution in [3.63, 3.8) is 0 Å². The third kappa shape index (κ3) is 5.07. The fourth-order valence-electron chi connectivity index (χ4n) is 2.83. The van der Waals surface area contributed by atoms with Crippen molar-refractivity contribution >= 4 is 11.8 Å². The van der Waals surface area contributed by atoms with E-state index in [-0.39, 0.29) is 18.4 Å². The summed E-state index contributed by atoms with van der Waals surface area (Å²) in [5.74, 6) is 0.145. The van der Waals surface area contributed by atoms with Crippen LogP contribution in [0.4, 0.5) is 0 Å². The molecule has 0 spiro atoms. The summed E-state index contributed by atoms with van der Waals surface area (Å²) in [6.07, 6.45) is 1.96. The van der Waals surface area contributed by atoms with Crippen molar-refractivity contribution in [2.75, 3.05) is 0 Å². The van der Waals surface area contributed by atoms with E-state index >= 15 is 0 Å². The van der Waals surface area contributed by atoms with Crippen LogP contribution >= 0.6 is 0 Å². The molecule has 5 nitrogen and oxygen atoms in total. The number of furan rings is 1. The van der Waals surface area contributed by atoms with E-state index in [1.807, 2.05) is 55.5 Å². The van der Waals surface area contributed by atoms with Crippen LogP contribution in [-0.2, 0) is 17.8 Å². The topological polar surface area (TPSA) is 71.3 Å². The zero-order valence-corrected chi connectivity index (χ0v) is 15.1. The van der Waals surface area contributed by atoms with E-state index in [2.05, 4.69) is 10.6 Å². The summed E-state index contributed by atoms with van der Waals surface area (Å²) in [6.45, 7) is 2.15. The number of benzene rings is 2. The first-order chi connectivity index (χ1) is 13.1. The molecule has 0 unspecified atom stereocenters. The first kappa shape index (κ1) is 18.5. The van der Waals surface area contributed by atoms with Gasteiger partial charge in [0.15, 0.2) is 0 Å². The largest absolute Gasteiger partial charge is 0.467 e. The summed E-state index contributed by atoms with van der Waals surface area (Å²) in [5.41, 5.74) is 2.40. The van der Waals surface area contributed by atoms with Gasteiger partial charge in [-0.25, -0.2) is 0 Å². The van der Waals surface area contributed by atoms with Crippen LogP contribution in [0.1, 0.15) is 27.2 Å². The third-order valence-corrected chi connectivity index (χ3v) is 4.31. The number of nitrogens with one attached hydrogen (secondary N) is 2. The lowest BCUT2D eigenvalue weighted by atomic mass is 10.0. The van der Waals surface area contributed by atoms with E-state index in [0.717, 1.165) is 11.1 Å². The van der Waals surface area contributed by atoms with Crippen molar-refractivity contribution in [1.82, 2.24) is 10.6 Å². The molecule has 1 atom stereocenters. The number of carbonyl (C=O) groups is 2. The molecule has 0 bridgehead atoms. The van der Waals surface area contributed by atoms with Gasteiger partial charge in [0.2, 0.25) is 5.91 Å². The number of hydrogen-bond donors (Lipinski definition) is 2. The van der Waals surface area contributed by atoms with E-state index in [1.54, 1.807) is 24.5 Å². The molecule has 0 saturated heterocycles. The van der Waals surface area contributed by atoms with Gasteiger partial charge in [-0.2, -0.15) is 0 Å². The highest BCUT2D eigenvalue weighted by molar-refractivity contribution is 5.98. The lowest BCUT2D eigenvalue weighted by Gasteiger charge is -2.19. The number of amides is 2. The van der Waals surface area contributed by atoms with Gasteiger partial charge in [-0.1, -0.05) is 48.5 Å². The Morgan fingerprint density at radius 3 is 2.41 bits per heavy atom. The summed E-state index contributed by atoms with van der Waals surface area (Å²) in [5, 5.41) is 5.70. The van der Waals surface area contributed by atoms with Gasteiger partial charge in [0.1, 0.15) is 11.8 Å². The minimum atomic E-state index is -0.686. The first-order valence-corrected chi connectivity index (χ1v) is 8.84. The molecule has 1 heterocycles. The fourth-order valence-corrected chi connectivity index (χ4v) is 2.83. The summed E-state index contributed by atoms with van der Waals surface area (Å²) in [7, 11) is 0. The molecular formula is C22H22N2O3. The van der Waals surface area contributed by atoms with Gasteiger partial charge in [-0.05, 0) is 36.2 Å². The van der Waals surface area contributed by atoms with Crippen molar-refractivity contribution in [3.05, 3.63) is 95.4 Å². The Bertz CT molecular complexity index is 889. The molecule has 0 aliphatic heterocycles. The minimum absolute atomic E-state index is 0.253. The Kier molecular flexibility index (Phi) is 6.05. The Labute approximate surface area is 158 Å². The molecule has 3 rings (SSSR count). The maximum atomic E-state index is 12.7. The van der Waals surface area contributed by atoms with Gasteiger partial charge >= 0.3 is 0 Å². The van der Waals surface area contributed by atoms with Crippen molar-refractivity contribution in [2.24, 2.45) is 0 Å². The fraction of sp³-hybridized carbons (Fsp3) is 0.182. The van der Waals surface area contributed by atoms with Crippen LogP contribution in [0, 0.1) is 6.92 Å².